The van der Waals surface area contributed by atoms with Crippen LogP contribution in [0, 0.1) is 5.92 Å². The predicted octanol–water partition coefficient (Wildman–Crippen LogP) is 3.58. The molecule has 3 heteroatoms. The van der Waals surface area contributed by atoms with Crippen molar-refractivity contribution in [3.8, 4) is 0 Å². The van der Waals surface area contributed by atoms with Gasteiger partial charge in [0.1, 0.15) is 0 Å². The Hall–Kier alpha value is -1.28. The van der Waals surface area contributed by atoms with Crippen LogP contribution in [0.2, 0.25) is 0 Å². The standard InChI is InChI=1S/C14H17ClN2/c1-11(8-12-9-16-17(2)10-12)14(15)13-6-4-3-5-7-13/h3-7,9-11,14H,8H2,1-2H3. The molecule has 2 nitrogen and oxygen atoms in total. The lowest BCUT2D eigenvalue weighted by atomic mass is 9.95. The first-order chi connectivity index (χ1) is 8.16. The number of alkyl halides is 1. The lowest BCUT2D eigenvalue weighted by Crippen LogP contribution is -2.07. The van der Waals surface area contributed by atoms with Gasteiger partial charge in [0.15, 0.2) is 0 Å². The molecule has 0 spiro atoms. The molecule has 0 aliphatic carbocycles. The number of halogens is 1. The molecular formula is C14H17ClN2. The van der Waals surface area contributed by atoms with E-state index in [-0.39, 0.29) is 5.38 Å². The quantitative estimate of drug-likeness (QED) is 0.757. The SMILES string of the molecule is CC(Cc1cnn(C)c1)C(Cl)c1ccccc1. The summed E-state index contributed by atoms with van der Waals surface area (Å²) >= 11 is 6.49. The summed E-state index contributed by atoms with van der Waals surface area (Å²) in [5.74, 6) is 0.392. The summed E-state index contributed by atoms with van der Waals surface area (Å²) < 4.78 is 1.83. The van der Waals surface area contributed by atoms with E-state index < -0.39 is 0 Å². The van der Waals surface area contributed by atoms with E-state index in [1.165, 1.54) is 11.1 Å². The van der Waals surface area contributed by atoms with Crippen LogP contribution in [0.25, 0.3) is 0 Å². The van der Waals surface area contributed by atoms with Gasteiger partial charge in [0.25, 0.3) is 0 Å². The molecule has 0 amide bonds. The predicted molar refractivity (Wildman–Crippen MR) is 71.1 cm³/mol. The monoisotopic (exact) mass is 248 g/mol. The lowest BCUT2D eigenvalue weighted by molar-refractivity contribution is 0.558. The summed E-state index contributed by atoms with van der Waals surface area (Å²) in [4.78, 5) is 0. The van der Waals surface area contributed by atoms with Gasteiger partial charge in [-0.2, -0.15) is 5.10 Å². The van der Waals surface area contributed by atoms with E-state index in [9.17, 15) is 0 Å². The number of rotatable bonds is 4. The van der Waals surface area contributed by atoms with Crippen LogP contribution in [0.15, 0.2) is 42.7 Å². The van der Waals surface area contributed by atoms with Crippen molar-refractivity contribution in [2.45, 2.75) is 18.7 Å². The van der Waals surface area contributed by atoms with Crippen molar-refractivity contribution in [3.63, 3.8) is 0 Å². The highest BCUT2D eigenvalue weighted by molar-refractivity contribution is 6.21. The van der Waals surface area contributed by atoms with E-state index in [0.717, 1.165) is 6.42 Å². The van der Waals surface area contributed by atoms with Crippen molar-refractivity contribution in [2.24, 2.45) is 13.0 Å². The molecule has 0 saturated carbocycles. The molecule has 1 heterocycles. The van der Waals surface area contributed by atoms with Crippen molar-refractivity contribution in [3.05, 3.63) is 53.9 Å². The van der Waals surface area contributed by atoms with Gasteiger partial charge in [0.05, 0.1) is 11.6 Å². The summed E-state index contributed by atoms with van der Waals surface area (Å²) in [6.45, 7) is 2.18. The Balaban J connectivity index is 2.03. The molecule has 0 saturated heterocycles. The fraction of sp³-hybridized carbons (Fsp3) is 0.357. The molecule has 0 aliphatic rings. The van der Waals surface area contributed by atoms with Crippen LogP contribution in [0.3, 0.4) is 0 Å². The number of nitrogens with zero attached hydrogens (tertiary/aromatic N) is 2. The average Bonchev–Trinajstić information content (AvgIpc) is 2.75. The Morgan fingerprint density at radius 3 is 2.59 bits per heavy atom. The number of hydrogen-bond donors (Lipinski definition) is 0. The van der Waals surface area contributed by atoms with Crippen molar-refractivity contribution in [2.75, 3.05) is 0 Å². The van der Waals surface area contributed by atoms with Crippen LogP contribution >= 0.6 is 11.6 Å². The van der Waals surface area contributed by atoms with Gasteiger partial charge < -0.3 is 0 Å². The summed E-state index contributed by atoms with van der Waals surface area (Å²) in [6, 6.07) is 10.2. The molecule has 17 heavy (non-hydrogen) atoms. The molecular weight excluding hydrogens is 232 g/mol. The van der Waals surface area contributed by atoms with Crippen molar-refractivity contribution >= 4 is 11.6 Å². The first-order valence-electron chi connectivity index (χ1n) is 5.83. The Morgan fingerprint density at radius 1 is 1.29 bits per heavy atom. The summed E-state index contributed by atoms with van der Waals surface area (Å²) in [5, 5.41) is 4.23. The number of aromatic nitrogens is 2. The van der Waals surface area contributed by atoms with Crippen molar-refractivity contribution in [1.82, 2.24) is 9.78 Å². The van der Waals surface area contributed by atoms with E-state index in [1.807, 2.05) is 42.3 Å². The van der Waals surface area contributed by atoms with E-state index >= 15 is 0 Å². The Bertz CT molecular complexity index is 464. The average molecular weight is 249 g/mol. The van der Waals surface area contributed by atoms with Crippen molar-refractivity contribution in [1.29, 1.82) is 0 Å². The Kier molecular flexibility index (Phi) is 3.85. The largest absolute Gasteiger partial charge is 0.276 e. The first-order valence-corrected chi connectivity index (χ1v) is 6.27. The minimum absolute atomic E-state index is 0.0522. The molecule has 0 aliphatic heterocycles. The molecule has 2 aromatic rings. The summed E-state index contributed by atoms with van der Waals surface area (Å²) in [6.07, 6.45) is 4.91. The molecule has 90 valence electrons. The highest BCUT2D eigenvalue weighted by Crippen LogP contribution is 2.30. The number of hydrogen-bond acceptors (Lipinski definition) is 1. The summed E-state index contributed by atoms with van der Waals surface area (Å²) in [7, 11) is 1.93. The lowest BCUT2D eigenvalue weighted by Gasteiger charge is -2.17. The van der Waals surface area contributed by atoms with Crippen LogP contribution in [-0.2, 0) is 13.5 Å². The normalized spacial score (nSPS) is 14.5. The van der Waals surface area contributed by atoms with Crippen molar-refractivity contribution < 1.29 is 0 Å². The zero-order valence-corrected chi connectivity index (χ0v) is 10.9. The minimum Gasteiger partial charge on any atom is -0.276 e. The minimum atomic E-state index is 0.0522. The molecule has 2 unspecified atom stereocenters. The molecule has 1 aromatic heterocycles. The highest BCUT2D eigenvalue weighted by Gasteiger charge is 2.17. The second-order valence-corrected chi connectivity index (χ2v) is 4.99. The molecule has 0 bridgehead atoms. The van der Waals surface area contributed by atoms with Crippen LogP contribution in [-0.4, -0.2) is 9.78 Å². The van der Waals surface area contributed by atoms with Crippen LogP contribution < -0.4 is 0 Å². The maximum Gasteiger partial charge on any atom is 0.0613 e. The molecule has 1 aromatic carbocycles. The zero-order chi connectivity index (χ0) is 12.3. The third kappa shape index (κ3) is 3.10. The fourth-order valence-electron chi connectivity index (χ4n) is 2.02. The summed E-state index contributed by atoms with van der Waals surface area (Å²) in [5.41, 5.74) is 2.42. The molecule has 0 radical (unpaired) electrons. The maximum absolute atomic E-state index is 6.49. The third-order valence-corrected chi connectivity index (χ3v) is 3.62. The number of aryl methyl sites for hydroxylation is 1. The van der Waals surface area contributed by atoms with Gasteiger partial charge in [0, 0.05) is 13.2 Å². The molecule has 2 atom stereocenters. The van der Waals surface area contributed by atoms with Gasteiger partial charge in [-0.1, -0.05) is 37.3 Å². The first kappa shape index (κ1) is 12.2. The second-order valence-electron chi connectivity index (χ2n) is 4.52. The van der Waals surface area contributed by atoms with Crippen LogP contribution in [0.5, 0.6) is 0 Å². The van der Waals surface area contributed by atoms with Crippen LogP contribution in [0.1, 0.15) is 23.4 Å². The molecule has 0 fully saturated rings. The van der Waals surface area contributed by atoms with Gasteiger partial charge in [0.2, 0.25) is 0 Å². The molecule has 2 rings (SSSR count). The van der Waals surface area contributed by atoms with Gasteiger partial charge in [-0.05, 0) is 23.5 Å². The van der Waals surface area contributed by atoms with Gasteiger partial charge in [-0.15, -0.1) is 11.6 Å². The van der Waals surface area contributed by atoms with Gasteiger partial charge >= 0.3 is 0 Å². The van der Waals surface area contributed by atoms with Gasteiger partial charge in [-0.25, -0.2) is 0 Å². The van der Waals surface area contributed by atoms with E-state index in [2.05, 4.69) is 24.2 Å². The topological polar surface area (TPSA) is 17.8 Å². The Labute approximate surface area is 107 Å². The zero-order valence-electron chi connectivity index (χ0n) is 10.2. The second kappa shape index (κ2) is 5.37. The van der Waals surface area contributed by atoms with E-state index in [4.69, 9.17) is 11.6 Å². The fourth-order valence-corrected chi connectivity index (χ4v) is 2.25. The molecule has 0 N–H and O–H groups in total. The Morgan fingerprint density at radius 2 is 2.00 bits per heavy atom. The third-order valence-electron chi connectivity index (χ3n) is 2.93. The van der Waals surface area contributed by atoms with Crippen LogP contribution in [0.4, 0.5) is 0 Å². The van der Waals surface area contributed by atoms with E-state index in [0.29, 0.717) is 5.92 Å². The maximum atomic E-state index is 6.49. The smallest absolute Gasteiger partial charge is 0.0613 e. The number of benzene rings is 1. The highest BCUT2D eigenvalue weighted by atomic mass is 35.5. The van der Waals surface area contributed by atoms with E-state index in [1.54, 1.807) is 0 Å². The van der Waals surface area contributed by atoms with Gasteiger partial charge in [-0.3, -0.25) is 4.68 Å².